The van der Waals surface area contributed by atoms with E-state index in [9.17, 15) is 5.26 Å². The third-order valence-electron chi connectivity index (χ3n) is 4.17. The maximum Gasteiger partial charge on any atom is 0.223 e. The Morgan fingerprint density at radius 3 is 2.67 bits per heavy atom. The van der Waals surface area contributed by atoms with E-state index in [1.54, 1.807) is 6.20 Å². The van der Waals surface area contributed by atoms with Crippen molar-refractivity contribution >= 4 is 11.5 Å². The van der Waals surface area contributed by atoms with Crippen molar-refractivity contribution in [3.63, 3.8) is 0 Å². The average Bonchev–Trinajstić information content (AvgIpc) is 2.93. The minimum absolute atomic E-state index is 0.462. The summed E-state index contributed by atoms with van der Waals surface area (Å²) < 4.78 is 0. The van der Waals surface area contributed by atoms with Gasteiger partial charge in [-0.3, -0.25) is 0 Å². The second-order valence-electron chi connectivity index (χ2n) is 5.72. The number of hydrogen-bond donors (Lipinski definition) is 1. The number of nitriles is 1. The Morgan fingerprint density at radius 2 is 2.00 bits per heavy atom. The van der Waals surface area contributed by atoms with Crippen LogP contribution in [0.3, 0.4) is 0 Å². The lowest BCUT2D eigenvalue weighted by atomic mass is 10.1. The van der Waals surface area contributed by atoms with Gasteiger partial charge in [-0.15, -0.1) is 0 Å². The highest BCUT2D eigenvalue weighted by Crippen LogP contribution is 2.26. The highest BCUT2D eigenvalue weighted by molar-refractivity contribution is 5.72. The van der Waals surface area contributed by atoms with Crippen molar-refractivity contribution in [1.82, 2.24) is 9.97 Å². The van der Waals surface area contributed by atoms with E-state index in [1.807, 2.05) is 12.2 Å². The predicted molar refractivity (Wildman–Crippen MR) is 83.6 cm³/mol. The molecule has 0 aromatic carbocycles. The molecule has 108 valence electrons. The molecule has 1 aromatic rings. The second kappa shape index (κ2) is 6.53. The fourth-order valence-electron chi connectivity index (χ4n) is 3.01. The number of allylic oxidation sites excluding steroid dienone is 4. The van der Waals surface area contributed by atoms with Gasteiger partial charge >= 0.3 is 0 Å². The molecule has 3 rings (SSSR count). The van der Waals surface area contributed by atoms with Gasteiger partial charge in [0.1, 0.15) is 6.07 Å². The third-order valence-corrected chi connectivity index (χ3v) is 4.17. The summed E-state index contributed by atoms with van der Waals surface area (Å²) in [7, 11) is 0. The summed E-state index contributed by atoms with van der Waals surface area (Å²) in [4.78, 5) is 8.91. The van der Waals surface area contributed by atoms with E-state index in [0.29, 0.717) is 17.6 Å². The maximum absolute atomic E-state index is 9.23. The van der Waals surface area contributed by atoms with Crippen LogP contribution in [0.2, 0.25) is 0 Å². The molecule has 1 N–H and O–H groups in total. The van der Waals surface area contributed by atoms with Gasteiger partial charge in [0.05, 0.1) is 17.5 Å². The molecule has 0 spiro atoms. The number of rotatable bonds is 3. The second-order valence-corrected chi connectivity index (χ2v) is 5.72. The van der Waals surface area contributed by atoms with E-state index in [-0.39, 0.29) is 0 Å². The summed E-state index contributed by atoms with van der Waals surface area (Å²) in [5.74, 6) is 0.656. The Kier molecular flexibility index (Phi) is 4.30. The molecule has 2 aliphatic carbocycles. The van der Waals surface area contributed by atoms with Gasteiger partial charge in [-0.25, -0.2) is 9.97 Å². The number of anilines is 1. The zero-order chi connectivity index (χ0) is 14.5. The first-order valence-corrected chi connectivity index (χ1v) is 7.76. The monoisotopic (exact) mass is 280 g/mol. The lowest BCUT2D eigenvalue weighted by Crippen LogP contribution is -2.20. The standard InChI is InChI=1S/C17H20N4/c18-11-14-12-19-17(20-15-9-3-1-2-4-10-15)21-16(14)13-7-5-6-8-13/h5-7,12,15H,1-4,8-10H2,(H,19,20,21). The lowest BCUT2D eigenvalue weighted by molar-refractivity contribution is 0.614. The summed E-state index contributed by atoms with van der Waals surface area (Å²) in [6.45, 7) is 0. The molecule has 0 saturated heterocycles. The molecule has 0 aliphatic heterocycles. The van der Waals surface area contributed by atoms with E-state index in [4.69, 9.17) is 0 Å². The Bertz CT molecular complexity index is 602. The Morgan fingerprint density at radius 1 is 1.19 bits per heavy atom. The molecular formula is C17H20N4. The van der Waals surface area contributed by atoms with E-state index in [0.717, 1.165) is 17.7 Å². The van der Waals surface area contributed by atoms with Gasteiger partial charge in [-0.1, -0.05) is 43.9 Å². The minimum Gasteiger partial charge on any atom is -0.351 e. The maximum atomic E-state index is 9.23. The Balaban J connectivity index is 1.79. The van der Waals surface area contributed by atoms with Crippen LogP contribution in [0.1, 0.15) is 56.2 Å². The predicted octanol–water partition coefficient (Wildman–Crippen LogP) is 3.83. The van der Waals surface area contributed by atoms with Gasteiger partial charge in [0, 0.05) is 6.04 Å². The van der Waals surface area contributed by atoms with Gasteiger partial charge < -0.3 is 5.32 Å². The third kappa shape index (κ3) is 3.30. The van der Waals surface area contributed by atoms with Gasteiger partial charge in [0.2, 0.25) is 5.95 Å². The summed E-state index contributed by atoms with van der Waals surface area (Å²) in [6, 6.07) is 2.65. The largest absolute Gasteiger partial charge is 0.351 e. The smallest absolute Gasteiger partial charge is 0.223 e. The van der Waals surface area contributed by atoms with Crippen LogP contribution < -0.4 is 5.32 Å². The van der Waals surface area contributed by atoms with E-state index < -0.39 is 0 Å². The van der Waals surface area contributed by atoms with Crippen LogP contribution >= 0.6 is 0 Å². The SMILES string of the molecule is N#Cc1cnc(NC2CCCCCC2)nc1C1=CC=CC1. The van der Waals surface area contributed by atoms with Crippen molar-refractivity contribution in [2.24, 2.45) is 0 Å². The molecule has 4 nitrogen and oxygen atoms in total. The van der Waals surface area contributed by atoms with Crippen LogP contribution in [0.15, 0.2) is 24.4 Å². The molecular weight excluding hydrogens is 260 g/mol. The van der Waals surface area contributed by atoms with Crippen molar-refractivity contribution in [3.8, 4) is 6.07 Å². The normalized spacial score (nSPS) is 18.9. The minimum atomic E-state index is 0.462. The molecule has 1 fully saturated rings. The number of aromatic nitrogens is 2. The molecule has 1 heterocycles. The zero-order valence-electron chi connectivity index (χ0n) is 12.2. The van der Waals surface area contributed by atoms with Crippen molar-refractivity contribution in [1.29, 1.82) is 5.26 Å². The van der Waals surface area contributed by atoms with E-state index in [1.165, 1.54) is 38.5 Å². The Hall–Kier alpha value is -2.15. The molecule has 4 heteroatoms. The van der Waals surface area contributed by atoms with Gasteiger partial charge in [0.15, 0.2) is 0 Å². The number of nitrogens with zero attached hydrogens (tertiary/aromatic N) is 3. The van der Waals surface area contributed by atoms with Gasteiger partial charge in [0.25, 0.3) is 0 Å². The van der Waals surface area contributed by atoms with Crippen LogP contribution in [0.4, 0.5) is 5.95 Å². The van der Waals surface area contributed by atoms with Crippen LogP contribution in [-0.2, 0) is 0 Å². The van der Waals surface area contributed by atoms with E-state index >= 15 is 0 Å². The van der Waals surface area contributed by atoms with Crippen molar-refractivity contribution in [3.05, 3.63) is 35.7 Å². The Labute approximate surface area is 125 Å². The highest BCUT2D eigenvalue weighted by Gasteiger charge is 2.16. The van der Waals surface area contributed by atoms with Crippen LogP contribution in [0.5, 0.6) is 0 Å². The zero-order valence-corrected chi connectivity index (χ0v) is 12.2. The van der Waals surface area contributed by atoms with Crippen molar-refractivity contribution in [2.45, 2.75) is 51.0 Å². The van der Waals surface area contributed by atoms with Crippen LogP contribution in [-0.4, -0.2) is 16.0 Å². The summed E-state index contributed by atoms with van der Waals surface area (Å²) in [5.41, 5.74) is 2.42. The highest BCUT2D eigenvalue weighted by atomic mass is 15.1. The molecule has 2 aliphatic rings. The first-order valence-electron chi connectivity index (χ1n) is 7.76. The van der Waals surface area contributed by atoms with Gasteiger partial charge in [-0.2, -0.15) is 5.26 Å². The topological polar surface area (TPSA) is 61.6 Å². The molecule has 0 atom stereocenters. The molecule has 0 amide bonds. The van der Waals surface area contributed by atoms with Crippen molar-refractivity contribution < 1.29 is 0 Å². The quantitative estimate of drug-likeness (QED) is 0.855. The van der Waals surface area contributed by atoms with Crippen LogP contribution in [0, 0.1) is 11.3 Å². The first-order chi connectivity index (χ1) is 10.4. The average molecular weight is 280 g/mol. The fourth-order valence-corrected chi connectivity index (χ4v) is 3.01. The molecule has 0 bridgehead atoms. The summed E-state index contributed by atoms with van der Waals surface area (Å²) in [5, 5.41) is 12.7. The molecule has 0 radical (unpaired) electrons. The summed E-state index contributed by atoms with van der Waals surface area (Å²) in [6.07, 6.45) is 16.2. The lowest BCUT2D eigenvalue weighted by Gasteiger charge is -2.16. The van der Waals surface area contributed by atoms with Crippen molar-refractivity contribution in [2.75, 3.05) is 5.32 Å². The molecule has 1 aromatic heterocycles. The van der Waals surface area contributed by atoms with E-state index in [2.05, 4.69) is 27.4 Å². The van der Waals surface area contributed by atoms with Gasteiger partial charge in [-0.05, 0) is 24.8 Å². The fraction of sp³-hybridized carbons (Fsp3) is 0.471. The number of hydrogen-bond acceptors (Lipinski definition) is 4. The molecule has 1 saturated carbocycles. The van der Waals surface area contributed by atoms with Crippen LogP contribution in [0.25, 0.3) is 5.57 Å². The molecule has 21 heavy (non-hydrogen) atoms. The molecule has 0 unspecified atom stereocenters. The number of nitrogens with one attached hydrogen (secondary N) is 1. The summed E-state index contributed by atoms with van der Waals surface area (Å²) >= 11 is 0. The first kappa shape index (κ1) is 13.8.